The average molecular weight is 445 g/mol. The van der Waals surface area contributed by atoms with Crippen molar-refractivity contribution in [1.29, 1.82) is 0 Å². The number of rotatable bonds is 4. The largest absolute Gasteiger partial charge is 0.369 e. The van der Waals surface area contributed by atoms with E-state index in [9.17, 15) is 8.42 Å². The summed E-state index contributed by atoms with van der Waals surface area (Å²) in [6.45, 7) is 7.71. The number of hydrogen-bond donors (Lipinski definition) is 0. The van der Waals surface area contributed by atoms with Crippen LogP contribution in [0.4, 0.5) is 5.69 Å². The Morgan fingerprint density at radius 1 is 0.833 bits per heavy atom. The molecule has 3 aromatic rings. The van der Waals surface area contributed by atoms with Crippen LogP contribution in [0.3, 0.4) is 0 Å². The van der Waals surface area contributed by atoms with E-state index in [2.05, 4.69) is 10.00 Å². The highest BCUT2D eigenvalue weighted by atomic mass is 35.5. The first kappa shape index (κ1) is 20.9. The highest BCUT2D eigenvalue weighted by Gasteiger charge is 2.33. The second-order valence-corrected chi connectivity index (χ2v) is 9.93. The molecule has 1 aromatic heterocycles. The van der Waals surface area contributed by atoms with Gasteiger partial charge in [-0.2, -0.15) is 9.40 Å². The summed E-state index contributed by atoms with van der Waals surface area (Å²) in [4.78, 5) is 2.49. The van der Waals surface area contributed by atoms with Gasteiger partial charge in [0, 0.05) is 36.9 Å². The maximum atomic E-state index is 13.5. The third-order valence-electron chi connectivity index (χ3n) is 5.53. The van der Waals surface area contributed by atoms with Crippen LogP contribution < -0.4 is 4.90 Å². The van der Waals surface area contributed by atoms with Crippen LogP contribution in [-0.2, 0) is 10.0 Å². The van der Waals surface area contributed by atoms with Crippen LogP contribution in [0.5, 0.6) is 0 Å². The molecule has 0 unspecified atom stereocenters. The number of nitrogens with zero attached hydrogens (tertiary/aromatic N) is 4. The molecule has 0 saturated carbocycles. The van der Waals surface area contributed by atoms with Crippen molar-refractivity contribution in [3.05, 3.63) is 70.5 Å². The quantitative estimate of drug-likeness (QED) is 0.611. The molecule has 30 heavy (non-hydrogen) atoms. The van der Waals surface area contributed by atoms with Gasteiger partial charge in [-0.25, -0.2) is 13.1 Å². The fourth-order valence-corrected chi connectivity index (χ4v) is 5.81. The highest BCUT2D eigenvalue weighted by molar-refractivity contribution is 7.89. The Morgan fingerprint density at radius 3 is 2.00 bits per heavy atom. The van der Waals surface area contributed by atoms with Gasteiger partial charge in [0.25, 0.3) is 0 Å². The standard InChI is InChI=1S/C22H25ClN4O2S/c1-16-4-8-21(9-5-16)27-18(3)22(17(2)24-27)30(28,29)26-14-12-25(13-15-26)20-10-6-19(23)7-11-20/h4-11H,12-15H2,1-3H3. The summed E-state index contributed by atoms with van der Waals surface area (Å²) in [6, 6.07) is 15.5. The maximum Gasteiger partial charge on any atom is 0.246 e. The molecule has 0 spiro atoms. The number of sulfonamides is 1. The van der Waals surface area contributed by atoms with Crippen molar-refractivity contribution in [3.63, 3.8) is 0 Å². The minimum Gasteiger partial charge on any atom is -0.369 e. The first-order valence-electron chi connectivity index (χ1n) is 9.91. The molecule has 0 N–H and O–H groups in total. The van der Waals surface area contributed by atoms with Gasteiger partial charge in [0.1, 0.15) is 4.90 Å². The molecule has 2 heterocycles. The fourth-order valence-electron chi connectivity index (χ4n) is 3.91. The van der Waals surface area contributed by atoms with E-state index in [0.29, 0.717) is 47.5 Å². The molecule has 4 rings (SSSR count). The van der Waals surface area contributed by atoms with Crippen LogP contribution in [0, 0.1) is 20.8 Å². The second kappa shape index (κ2) is 8.06. The molecule has 1 aliphatic heterocycles. The molecular formula is C22H25ClN4O2S. The Bertz CT molecular complexity index is 1150. The average Bonchev–Trinajstić information content (AvgIpc) is 3.04. The molecule has 0 radical (unpaired) electrons. The molecule has 6 nitrogen and oxygen atoms in total. The van der Waals surface area contributed by atoms with Crippen LogP contribution in [0.25, 0.3) is 5.69 Å². The van der Waals surface area contributed by atoms with Crippen molar-refractivity contribution < 1.29 is 8.42 Å². The van der Waals surface area contributed by atoms with Gasteiger partial charge in [-0.05, 0) is 57.2 Å². The zero-order valence-electron chi connectivity index (χ0n) is 17.3. The molecule has 2 aromatic carbocycles. The summed E-state index contributed by atoms with van der Waals surface area (Å²) < 4.78 is 30.2. The van der Waals surface area contributed by atoms with Crippen LogP contribution in [0.15, 0.2) is 53.4 Å². The van der Waals surface area contributed by atoms with Crippen molar-refractivity contribution in [2.45, 2.75) is 25.7 Å². The lowest BCUT2D eigenvalue weighted by molar-refractivity contribution is 0.384. The summed E-state index contributed by atoms with van der Waals surface area (Å²) >= 11 is 5.97. The third kappa shape index (κ3) is 3.85. The maximum absolute atomic E-state index is 13.5. The highest BCUT2D eigenvalue weighted by Crippen LogP contribution is 2.28. The van der Waals surface area contributed by atoms with Crippen molar-refractivity contribution >= 4 is 27.3 Å². The first-order chi connectivity index (χ1) is 14.3. The molecule has 1 fully saturated rings. The Morgan fingerprint density at radius 2 is 1.40 bits per heavy atom. The minimum absolute atomic E-state index is 0.308. The Balaban J connectivity index is 1.57. The number of piperazine rings is 1. The van der Waals surface area contributed by atoms with E-state index >= 15 is 0 Å². The molecule has 0 amide bonds. The van der Waals surface area contributed by atoms with Crippen molar-refractivity contribution in [2.24, 2.45) is 0 Å². The Hall–Kier alpha value is -2.35. The molecule has 8 heteroatoms. The molecule has 0 bridgehead atoms. The topological polar surface area (TPSA) is 58.4 Å². The van der Waals surface area contributed by atoms with Crippen LogP contribution in [0.1, 0.15) is 17.0 Å². The number of halogens is 1. The lowest BCUT2D eigenvalue weighted by atomic mass is 10.2. The van der Waals surface area contributed by atoms with Gasteiger partial charge in [-0.3, -0.25) is 0 Å². The van der Waals surface area contributed by atoms with Crippen molar-refractivity contribution in [2.75, 3.05) is 31.1 Å². The number of anilines is 1. The number of benzene rings is 2. The number of hydrogen-bond acceptors (Lipinski definition) is 4. The van der Waals surface area contributed by atoms with Crippen LogP contribution in [0.2, 0.25) is 5.02 Å². The molecule has 158 valence electrons. The Labute approximate surface area is 182 Å². The van der Waals surface area contributed by atoms with E-state index in [1.807, 2.05) is 62.4 Å². The van der Waals surface area contributed by atoms with Gasteiger partial charge >= 0.3 is 0 Å². The lowest BCUT2D eigenvalue weighted by Gasteiger charge is -2.35. The van der Waals surface area contributed by atoms with Gasteiger partial charge in [0.2, 0.25) is 10.0 Å². The van der Waals surface area contributed by atoms with Gasteiger partial charge in [-0.15, -0.1) is 0 Å². The van der Waals surface area contributed by atoms with Gasteiger partial charge in [-0.1, -0.05) is 29.3 Å². The third-order valence-corrected chi connectivity index (χ3v) is 7.94. The lowest BCUT2D eigenvalue weighted by Crippen LogP contribution is -2.48. The second-order valence-electron chi connectivity index (χ2n) is 7.61. The van der Waals surface area contributed by atoms with Crippen molar-refractivity contribution in [3.8, 4) is 5.69 Å². The van der Waals surface area contributed by atoms with E-state index < -0.39 is 10.0 Å². The van der Waals surface area contributed by atoms with E-state index in [1.165, 1.54) is 0 Å². The minimum atomic E-state index is -3.63. The monoisotopic (exact) mass is 444 g/mol. The normalized spacial score (nSPS) is 15.5. The van der Waals surface area contributed by atoms with E-state index in [4.69, 9.17) is 11.6 Å². The summed E-state index contributed by atoms with van der Waals surface area (Å²) in [6.07, 6.45) is 0. The predicted octanol–water partition coefficient (Wildman–Crippen LogP) is 3.96. The van der Waals surface area contributed by atoms with E-state index in [-0.39, 0.29) is 0 Å². The summed E-state index contributed by atoms with van der Waals surface area (Å²) in [5.74, 6) is 0. The van der Waals surface area contributed by atoms with Crippen LogP contribution >= 0.6 is 11.6 Å². The first-order valence-corrected chi connectivity index (χ1v) is 11.7. The number of aromatic nitrogens is 2. The Kier molecular flexibility index (Phi) is 5.61. The predicted molar refractivity (Wildman–Crippen MR) is 120 cm³/mol. The zero-order valence-corrected chi connectivity index (χ0v) is 18.9. The molecule has 1 aliphatic rings. The van der Waals surface area contributed by atoms with Crippen LogP contribution in [-0.4, -0.2) is 48.7 Å². The molecule has 0 aliphatic carbocycles. The van der Waals surface area contributed by atoms with E-state index in [0.717, 1.165) is 16.9 Å². The summed E-state index contributed by atoms with van der Waals surface area (Å²) in [5, 5.41) is 5.22. The van der Waals surface area contributed by atoms with Gasteiger partial charge in [0.05, 0.1) is 17.1 Å². The SMILES string of the molecule is Cc1ccc(-n2nc(C)c(S(=O)(=O)N3CCN(c4ccc(Cl)cc4)CC3)c2C)cc1. The zero-order chi connectivity index (χ0) is 21.5. The smallest absolute Gasteiger partial charge is 0.246 e. The molecule has 1 saturated heterocycles. The van der Waals surface area contributed by atoms with E-state index in [1.54, 1.807) is 15.9 Å². The number of aryl methyl sites for hydroxylation is 2. The summed E-state index contributed by atoms with van der Waals surface area (Å²) in [7, 11) is -3.63. The molecular weight excluding hydrogens is 420 g/mol. The molecule has 0 atom stereocenters. The fraction of sp³-hybridized carbons (Fsp3) is 0.318. The van der Waals surface area contributed by atoms with Gasteiger partial charge < -0.3 is 4.90 Å². The van der Waals surface area contributed by atoms with Gasteiger partial charge in [0.15, 0.2) is 0 Å². The van der Waals surface area contributed by atoms with Crippen molar-refractivity contribution in [1.82, 2.24) is 14.1 Å². The summed E-state index contributed by atoms with van der Waals surface area (Å²) in [5.41, 5.74) is 4.21.